The van der Waals surface area contributed by atoms with E-state index in [4.69, 9.17) is 19.5 Å². The summed E-state index contributed by atoms with van der Waals surface area (Å²) in [5.74, 6) is 1.08. The Labute approximate surface area is 145 Å². The quantitative estimate of drug-likeness (QED) is 0.776. The second-order valence-corrected chi connectivity index (χ2v) is 7.75. The van der Waals surface area contributed by atoms with E-state index in [1.807, 2.05) is 0 Å². The van der Waals surface area contributed by atoms with Crippen LogP contribution in [0.1, 0.15) is 40.5 Å². The molecule has 2 atom stereocenters. The van der Waals surface area contributed by atoms with Crippen LogP contribution in [0, 0.1) is 11.8 Å². The normalized spacial score (nSPS) is 28.4. The van der Waals surface area contributed by atoms with E-state index < -0.39 is 0 Å². The minimum absolute atomic E-state index is 0.316. The molecule has 0 amide bonds. The third-order valence-electron chi connectivity index (χ3n) is 5.11. The van der Waals surface area contributed by atoms with Crippen LogP contribution in [0.2, 0.25) is 0 Å². The molecule has 0 radical (unpaired) electrons. The van der Waals surface area contributed by atoms with Crippen molar-refractivity contribution in [1.29, 1.82) is 0 Å². The van der Waals surface area contributed by atoms with Gasteiger partial charge in [0.15, 0.2) is 0 Å². The first-order valence-corrected chi connectivity index (χ1v) is 9.45. The second kappa shape index (κ2) is 7.62. The standard InChI is InChI=1S/C18H32N4O2/c1-13(2)15-11-23-17(19-15)21-7-5-9-22(10-6-8-21)18-20-16(12-24-18)14(3)4/h13-16H,5-12H2,1-4H3/t15-,16-/m1/s1. The van der Waals surface area contributed by atoms with Gasteiger partial charge in [-0.05, 0) is 24.7 Å². The Hall–Kier alpha value is -1.46. The minimum Gasteiger partial charge on any atom is -0.463 e. The summed E-state index contributed by atoms with van der Waals surface area (Å²) in [6.07, 6.45) is 2.15. The average molecular weight is 336 g/mol. The lowest BCUT2D eigenvalue weighted by Crippen LogP contribution is -2.42. The first-order chi connectivity index (χ1) is 11.5. The van der Waals surface area contributed by atoms with Gasteiger partial charge < -0.3 is 19.3 Å². The molecule has 0 aromatic rings. The molecule has 3 aliphatic rings. The number of ether oxygens (including phenoxy) is 2. The van der Waals surface area contributed by atoms with Gasteiger partial charge in [-0.3, -0.25) is 0 Å². The van der Waals surface area contributed by atoms with Gasteiger partial charge in [-0.2, -0.15) is 0 Å². The molecule has 0 bridgehead atoms. The number of hydrogen-bond donors (Lipinski definition) is 0. The van der Waals surface area contributed by atoms with Crippen molar-refractivity contribution < 1.29 is 9.47 Å². The molecule has 0 unspecified atom stereocenters. The van der Waals surface area contributed by atoms with Crippen molar-refractivity contribution in [1.82, 2.24) is 9.80 Å². The summed E-state index contributed by atoms with van der Waals surface area (Å²) in [6.45, 7) is 14.2. The molecule has 0 N–H and O–H groups in total. The summed E-state index contributed by atoms with van der Waals surface area (Å²) in [7, 11) is 0. The Morgan fingerprint density at radius 2 is 1.12 bits per heavy atom. The first kappa shape index (κ1) is 17.4. The summed E-state index contributed by atoms with van der Waals surface area (Å²) in [5, 5.41) is 0. The highest BCUT2D eigenvalue weighted by atomic mass is 16.5. The van der Waals surface area contributed by atoms with Gasteiger partial charge in [-0.1, -0.05) is 27.7 Å². The molecule has 3 rings (SSSR count). The van der Waals surface area contributed by atoms with Crippen molar-refractivity contribution in [3.8, 4) is 0 Å². The lowest BCUT2D eigenvalue weighted by Gasteiger charge is -2.30. The predicted molar refractivity (Wildman–Crippen MR) is 96.4 cm³/mol. The van der Waals surface area contributed by atoms with Crippen molar-refractivity contribution in [3.05, 3.63) is 0 Å². The van der Waals surface area contributed by atoms with E-state index in [1.54, 1.807) is 0 Å². The van der Waals surface area contributed by atoms with Gasteiger partial charge in [-0.15, -0.1) is 0 Å². The van der Waals surface area contributed by atoms with E-state index in [0.29, 0.717) is 23.9 Å². The molecular formula is C18H32N4O2. The van der Waals surface area contributed by atoms with Gasteiger partial charge in [0, 0.05) is 26.2 Å². The van der Waals surface area contributed by atoms with Crippen LogP contribution >= 0.6 is 0 Å². The maximum Gasteiger partial charge on any atom is 0.287 e. The van der Waals surface area contributed by atoms with Crippen molar-refractivity contribution in [2.75, 3.05) is 39.4 Å². The molecule has 6 heteroatoms. The Morgan fingerprint density at radius 3 is 1.42 bits per heavy atom. The van der Waals surface area contributed by atoms with Crippen LogP contribution in [0.5, 0.6) is 0 Å². The van der Waals surface area contributed by atoms with Crippen molar-refractivity contribution in [2.45, 2.75) is 52.6 Å². The lowest BCUT2D eigenvalue weighted by atomic mass is 10.1. The fourth-order valence-electron chi connectivity index (χ4n) is 3.29. The highest BCUT2D eigenvalue weighted by molar-refractivity contribution is 5.76. The molecule has 0 spiro atoms. The predicted octanol–water partition coefficient (Wildman–Crippen LogP) is 2.21. The van der Waals surface area contributed by atoms with Crippen LogP contribution < -0.4 is 0 Å². The number of rotatable bonds is 2. The molecule has 136 valence electrons. The second-order valence-electron chi connectivity index (χ2n) is 7.75. The molecule has 3 aliphatic heterocycles. The largest absolute Gasteiger partial charge is 0.463 e. The minimum atomic E-state index is 0.316. The van der Waals surface area contributed by atoms with Gasteiger partial charge in [0.25, 0.3) is 12.0 Å². The third-order valence-corrected chi connectivity index (χ3v) is 5.11. The number of amidine groups is 2. The number of aliphatic imine (C=N–C) groups is 2. The van der Waals surface area contributed by atoms with Crippen LogP contribution in [0.3, 0.4) is 0 Å². The maximum atomic E-state index is 5.84. The fourth-order valence-corrected chi connectivity index (χ4v) is 3.29. The Balaban J connectivity index is 1.53. The Morgan fingerprint density at radius 1 is 0.750 bits per heavy atom. The lowest BCUT2D eigenvalue weighted by molar-refractivity contribution is 0.201. The van der Waals surface area contributed by atoms with Crippen LogP contribution in [-0.2, 0) is 9.47 Å². The highest BCUT2D eigenvalue weighted by Crippen LogP contribution is 2.19. The van der Waals surface area contributed by atoms with Gasteiger partial charge in [0.05, 0.1) is 12.1 Å². The van der Waals surface area contributed by atoms with Gasteiger partial charge in [-0.25, -0.2) is 9.98 Å². The molecule has 6 nitrogen and oxygen atoms in total. The summed E-state index contributed by atoms with van der Waals surface area (Å²) in [4.78, 5) is 14.2. The first-order valence-electron chi connectivity index (χ1n) is 9.45. The molecule has 1 fully saturated rings. The van der Waals surface area contributed by atoms with Gasteiger partial charge in [0.1, 0.15) is 13.2 Å². The topological polar surface area (TPSA) is 49.7 Å². The van der Waals surface area contributed by atoms with E-state index in [-0.39, 0.29) is 0 Å². The monoisotopic (exact) mass is 336 g/mol. The van der Waals surface area contributed by atoms with Crippen LogP contribution in [0.25, 0.3) is 0 Å². The van der Waals surface area contributed by atoms with E-state index in [9.17, 15) is 0 Å². The summed E-state index contributed by atoms with van der Waals surface area (Å²) in [5.41, 5.74) is 0. The smallest absolute Gasteiger partial charge is 0.287 e. The molecule has 0 aliphatic carbocycles. The molecule has 0 aromatic carbocycles. The van der Waals surface area contributed by atoms with E-state index in [2.05, 4.69) is 37.5 Å². The Kier molecular flexibility index (Phi) is 5.51. The summed E-state index contributed by atoms with van der Waals surface area (Å²) >= 11 is 0. The average Bonchev–Trinajstić information content (AvgIpc) is 3.16. The SMILES string of the molecule is CC(C)[C@H]1COC(N2CCCN(C3=N[C@@H](C(C)C)CO3)CCC2)=N1. The van der Waals surface area contributed by atoms with Crippen LogP contribution in [0.15, 0.2) is 9.98 Å². The molecule has 1 saturated heterocycles. The van der Waals surface area contributed by atoms with Gasteiger partial charge >= 0.3 is 0 Å². The number of nitrogens with zero attached hydrogens (tertiary/aromatic N) is 4. The third kappa shape index (κ3) is 3.95. The fraction of sp³-hybridized carbons (Fsp3) is 0.889. The van der Waals surface area contributed by atoms with Crippen molar-refractivity contribution in [2.24, 2.45) is 21.8 Å². The zero-order chi connectivity index (χ0) is 17.1. The maximum absolute atomic E-state index is 5.84. The van der Waals surface area contributed by atoms with Gasteiger partial charge in [0.2, 0.25) is 0 Å². The van der Waals surface area contributed by atoms with Crippen molar-refractivity contribution >= 4 is 12.0 Å². The molecule has 0 aromatic heterocycles. The molecule has 0 saturated carbocycles. The van der Waals surface area contributed by atoms with Crippen molar-refractivity contribution in [3.63, 3.8) is 0 Å². The summed E-state index contributed by atoms with van der Waals surface area (Å²) < 4.78 is 11.7. The van der Waals surface area contributed by atoms with Crippen LogP contribution in [-0.4, -0.2) is 73.3 Å². The highest BCUT2D eigenvalue weighted by Gasteiger charge is 2.29. The zero-order valence-corrected chi connectivity index (χ0v) is 15.6. The molecule has 24 heavy (non-hydrogen) atoms. The number of hydrogen-bond acceptors (Lipinski definition) is 6. The zero-order valence-electron chi connectivity index (χ0n) is 15.6. The molecule has 3 heterocycles. The van der Waals surface area contributed by atoms with Crippen LogP contribution in [0.4, 0.5) is 0 Å². The Bertz CT molecular complexity index is 437. The van der Waals surface area contributed by atoms with E-state index in [1.165, 1.54) is 0 Å². The summed E-state index contributed by atoms with van der Waals surface area (Å²) in [6, 6.07) is 2.35. The molecular weight excluding hydrogens is 304 g/mol. The van der Waals surface area contributed by atoms with E-state index >= 15 is 0 Å². The van der Waals surface area contributed by atoms with E-state index in [0.717, 1.165) is 64.3 Å².